The van der Waals surface area contributed by atoms with Crippen molar-refractivity contribution in [3.8, 4) is 5.75 Å². The summed E-state index contributed by atoms with van der Waals surface area (Å²) in [5, 5.41) is 10.2. The van der Waals surface area contributed by atoms with Crippen LogP contribution in [-0.4, -0.2) is 11.1 Å². The SMILES string of the molecule is O=C(O)C1(c2ccc(OCc3ccccc3)c(Cl)c2)CCCCC1. The Kier molecular flexibility index (Phi) is 5.10. The first-order valence-corrected chi connectivity index (χ1v) is 8.70. The molecule has 24 heavy (non-hydrogen) atoms. The van der Waals surface area contributed by atoms with Crippen LogP contribution in [0.15, 0.2) is 48.5 Å². The van der Waals surface area contributed by atoms with Crippen LogP contribution in [0.1, 0.15) is 43.2 Å². The van der Waals surface area contributed by atoms with Crippen LogP contribution < -0.4 is 4.74 Å². The van der Waals surface area contributed by atoms with E-state index in [-0.39, 0.29) is 0 Å². The highest BCUT2D eigenvalue weighted by molar-refractivity contribution is 6.32. The van der Waals surface area contributed by atoms with Gasteiger partial charge in [-0.25, -0.2) is 0 Å². The lowest BCUT2D eigenvalue weighted by molar-refractivity contribution is -0.145. The van der Waals surface area contributed by atoms with Gasteiger partial charge in [0, 0.05) is 0 Å². The third kappa shape index (κ3) is 3.41. The second kappa shape index (κ2) is 7.27. The fourth-order valence-electron chi connectivity index (χ4n) is 3.43. The number of aliphatic carboxylic acids is 1. The first-order chi connectivity index (χ1) is 11.6. The second-order valence-corrected chi connectivity index (χ2v) is 6.77. The van der Waals surface area contributed by atoms with Crippen LogP contribution in [0, 0.1) is 0 Å². The summed E-state index contributed by atoms with van der Waals surface area (Å²) in [6, 6.07) is 15.3. The molecule has 4 heteroatoms. The van der Waals surface area contributed by atoms with Crippen LogP contribution in [-0.2, 0) is 16.8 Å². The average Bonchev–Trinajstić information content (AvgIpc) is 2.62. The molecule has 3 rings (SSSR count). The quantitative estimate of drug-likeness (QED) is 0.810. The smallest absolute Gasteiger partial charge is 0.314 e. The molecule has 0 amide bonds. The first kappa shape index (κ1) is 16.8. The molecule has 0 unspecified atom stereocenters. The van der Waals surface area contributed by atoms with Gasteiger partial charge in [0.2, 0.25) is 0 Å². The second-order valence-electron chi connectivity index (χ2n) is 6.37. The number of carboxylic acids is 1. The maximum Gasteiger partial charge on any atom is 0.314 e. The van der Waals surface area contributed by atoms with Crippen molar-refractivity contribution in [3.63, 3.8) is 0 Å². The number of hydrogen-bond donors (Lipinski definition) is 1. The van der Waals surface area contributed by atoms with Gasteiger partial charge < -0.3 is 9.84 Å². The summed E-state index contributed by atoms with van der Waals surface area (Å²) in [5.41, 5.74) is 1.04. The Balaban J connectivity index is 1.80. The van der Waals surface area contributed by atoms with Crippen molar-refractivity contribution in [3.05, 3.63) is 64.7 Å². The van der Waals surface area contributed by atoms with Crippen molar-refractivity contribution < 1.29 is 14.6 Å². The molecule has 2 aromatic carbocycles. The third-order valence-corrected chi connectivity index (χ3v) is 5.13. The molecule has 1 N–H and O–H groups in total. The number of ether oxygens (including phenoxy) is 1. The summed E-state index contributed by atoms with van der Waals surface area (Å²) >= 11 is 6.36. The number of hydrogen-bond acceptors (Lipinski definition) is 2. The molecule has 0 aromatic heterocycles. The van der Waals surface area contributed by atoms with Gasteiger partial charge in [0.25, 0.3) is 0 Å². The number of rotatable bonds is 5. The predicted molar refractivity (Wildman–Crippen MR) is 94.6 cm³/mol. The van der Waals surface area contributed by atoms with Gasteiger partial charge in [0.15, 0.2) is 0 Å². The largest absolute Gasteiger partial charge is 0.487 e. The molecule has 0 bridgehead atoms. The maximum absolute atomic E-state index is 11.9. The number of benzene rings is 2. The van der Waals surface area contributed by atoms with Gasteiger partial charge >= 0.3 is 5.97 Å². The lowest BCUT2D eigenvalue weighted by Crippen LogP contribution is -2.37. The van der Waals surface area contributed by atoms with E-state index in [1.54, 1.807) is 12.1 Å². The standard InChI is InChI=1S/C20H21ClO3/c21-17-13-16(20(19(22)23)11-5-2-6-12-20)9-10-18(17)24-14-15-7-3-1-4-8-15/h1,3-4,7-10,13H,2,5-6,11-12,14H2,(H,22,23). The Morgan fingerprint density at radius 3 is 2.42 bits per heavy atom. The van der Waals surface area contributed by atoms with Crippen molar-refractivity contribution in [1.29, 1.82) is 0 Å². The number of halogens is 1. The van der Waals surface area contributed by atoms with Crippen LogP contribution in [0.25, 0.3) is 0 Å². The Hall–Kier alpha value is -2.00. The van der Waals surface area contributed by atoms with Crippen molar-refractivity contribution in [1.82, 2.24) is 0 Å². The van der Waals surface area contributed by atoms with Crippen LogP contribution in [0.2, 0.25) is 5.02 Å². The zero-order valence-electron chi connectivity index (χ0n) is 13.5. The molecule has 1 saturated carbocycles. The maximum atomic E-state index is 11.9. The predicted octanol–water partition coefficient (Wildman–Crippen LogP) is 5.21. The van der Waals surface area contributed by atoms with E-state index in [2.05, 4.69) is 0 Å². The Morgan fingerprint density at radius 2 is 1.79 bits per heavy atom. The van der Waals surface area contributed by atoms with Crippen LogP contribution in [0.4, 0.5) is 0 Å². The first-order valence-electron chi connectivity index (χ1n) is 8.32. The fourth-order valence-corrected chi connectivity index (χ4v) is 3.67. The molecule has 1 aliphatic rings. The average molecular weight is 345 g/mol. The molecule has 0 atom stereocenters. The summed E-state index contributed by atoms with van der Waals surface area (Å²) in [5.74, 6) is -0.170. The van der Waals surface area contributed by atoms with E-state index < -0.39 is 11.4 Å². The summed E-state index contributed by atoms with van der Waals surface area (Å²) in [6.45, 7) is 0.435. The van der Waals surface area contributed by atoms with Gasteiger partial charge in [-0.05, 0) is 36.1 Å². The van der Waals surface area contributed by atoms with E-state index in [1.807, 2.05) is 36.4 Å². The number of carbonyl (C=O) groups is 1. The highest BCUT2D eigenvalue weighted by Crippen LogP contribution is 2.42. The van der Waals surface area contributed by atoms with Gasteiger partial charge in [-0.15, -0.1) is 0 Å². The molecule has 0 aliphatic heterocycles. The summed E-state index contributed by atoms with van der Waals surface area (Å²) < 4.78 is 5.78. The van der Waals surface area contributed by atoms with Crippen molar-refractivity contribution in [2.75, 3.05) is 0 Å². The summed E-state index contributed by atoms with van der Waals surface area (Å²) in [6.07, 6.45) is 4.32. The third-order valence-electron chi connectivity index (χ3n) is 4.84. The Labute approximate surface area is 147 Å². The van der Waals surface area contributed by atoms with E-state index in [0.29, 0.717) is 30.2 Å². The normalized spacial score (nSPS) is 16.5. The van der Waals surface area contributed by atoms with Crippen LogP contribution >= 0.6 is 11.6 Å². The lowest BCUT2D eigenvalue weighted by Gasteiger charge is -2.33. The van der Waals surface area contributed by atoms with Gasteiger partial charge in [0.05, 0.1) is 10.4 Å². The molecule has 2 aromatic rings. The summed E-state index contributed by atoms with van der Waals surface area (Å²) in [4.78, 5) is 11.9. The number of carboxylic acid groups (broad SMARTS) is 1. The highest BCUT2D eigenvalue weighted by Gasteiger charge is 2.41. The van der Waals surface area contributed by atoms with E-state index >= 15 is 0 Å². The van der Waals surface area contributed by atoms with Crippen molar-refractivity contribution >= 4 is 17.6 Å². The molecule has 126 valence electrons. The van der Waals surface area contributed by atoms with Crippen LogP contribution in [0.3, 0.4) is 0 Å². The summed E-state index contributed by atoms with van der Waals surface area (Å²) in [7, 11) is 0. The van der Waals surface area contributed by atoms with Crippen molar-refractivity contribution in [2.24, 2.45) is 0 Å². The van der Waals surface area contributed by atoms with Gasteiger partial charge in [-0.3, -0.25) is 4.79 Å². The topological polar surface area (TPSA) is 46.5 Å². The fraction of sp³-hybridized carbons (Fsp3) is 0.350. The van der Waals surface area contributed by atoms with Crippen LogP contribution in [0.5, 0.6) is 5.75 Å². The van der Waals surface area contributed by atoms with E-state index in [1.165, 1.54) is 0 Å². The molecular weight excluding hydrogens is 324 g/mol. The molecule has 3 nitrogen and oxygen atoms in total. The molecule has 0 heterocycles. The van der Waals surface area contributed by atoms with Gasteiger partial charge in [-0.2, -0.15) is 0 Å². The zero-order chi connectivity index (χ0) is 17.0. The minimum Gasteiger partial charge on any atom is -0.487 e. The van der Waals surface area contributed by atoms with E-state index in [0.717, 1.165) is 30.4 Å². The van der Waals surface area contributed by atoms with E-state index in [4.69, 9.17) is 16.3 Å². The zero-order valence-corrected chi connectivity index (χ0v) is 14.3. The lowest BCUT2D eigenvalue weighted by atomic mass is 9.69. The monoisotopic (exact) mass is 344 g/mol. The van der Waals surface area contributed by atoms with Gasteiger partial charge in [0.1, 0.15) is 12.4 Å². The van der Waals surface area contributed by atoms with E-state index in [9.17, 15) is 9.90 Å². The minimum absolute atomic E-state index is 0.435. The molecule has 0 saturated heterocycles. The molecule has 1 aliphatic carbocycles. The molecule has 0 spiro atoms. The molecule has 1 fully saturated rings. The molecule has 0 radical (unpaired) electrons. The van der Waals surface area contributed by atoms with Crippen molar-refractivity contribution in [2.45, 2.75) is 44.1 Å². The molecular formula is C20H21ClO3. The highest BCUT2D eigenvalue weighted by atomic mass is 35.5. The minimum atomic E-state index is -0.806. The Bertz CT molecular complexity index is 706. The Morgan fingerprint density at radius 1 is 1.08 bits per heavy atom. The van der Waals surface area contributed by atoms with Gasteiger partial charge in [-0.1, -0.05) is 67.3 Å².